The Morgan fingerprint density at radius 2 is 2.46 bits per heavy atom. The second-order valence-electron chi connectivity index (χ2n) is 3.99. The van der Waals surface area contributed by atoms with E-state index in [0.29, 0.717) is 0 Å². The lowest BCUT2D eigenvalue weighted by atomic mass is 10.1. The molecule has 3 heteroatoms. The standard InChI is InChI=1S/C10H16N2S/c1-7(9-3-4-9)5-11-10-12-8(2)6-13-10/h6-7,9H,3-5H2,1-2H3,(H,11,12). The molecule has 0 spiro atoms. The molecule has 13 heavy (non-hydrogen) atoms. The van der Waals surface area contributed by atoms with Crippen LogP contribution in [0.15, 0.2) is 5.38 Å². The van der Waals surface area contributed by atoms with Crippen molar-refractivity contribution in [2.75, 3.05) is 11.9 Å². The molecular formula is C10H16N2S. The predicted molar refractivity (Wildman–Crippen MR) is 57.2 cm³/mol. The van der Waals surface area contributed by atoms with Gasteiger partial charge in [-0.25, -0.2) is 4.98 Å². The highest BCUT2D eigenvalue weighted by Crippen LogP contribution is 2.36. The summed E-state index contributed by atoms with van der Waals surface area (Å²) in [5.41, 5.74) is 1.12. The first kappa shape index (κ1) is 9.00. The number of rotatable bonds is 4. The van der Waals surface area contributed by atoms with Crippen LogP contribution in [0.3, 0.4) is 0 Å². The van der Waals surface area contributed by atoms with E-state index in [1.54, 1.807) is 11.3 Å². The van der Waals surface area contributed by atoms with Crippen LogP contribution in [0.25, 0.3) is 0 Å². The molecule has 0 amide bonds. The van der Waals surface area contributed by atoms with Gasteiger partial charge in [0.2, 0.25) is 0 Å². The molecule has 1 atom stereocenters. The number of aromatic nitrogens is 1. The van der Waals surface area contributed by atoms with Crippen molar-refractivity contribution >= 4 is 16.5 Å². The first-order valence-corrected chi connectivity index (χ1v) is 5.79. The summed E-state index contributed by atoms with van der Waals surface area (Å²) in [6.45, 7) is 5.44. The molecule has 1 saturated carbocycles. The zero-order chi connectivity index (χ0) is 9.26. The molecule has 1 aliphatic rings. The fourth-order valence-corrected chi connectivity index (χ4v) is 2.21. The van der Waals surface area contributed by atoms with E-state index in [0.717, 1.165) is 29.2 Å². The average Bonchev–Trinajstić information content (AvgIpc) is 2.87. The summed E-state index contributed by atoms with van der Waals surface area (Å²) in [4.78, 5) is 4.37. The van der Waals surface area contributed by atoms with Crippen LogP contribution >= 0.6 is 11.3 Å². The number of aryl methyl sites for hydroxylation is 1. The lowest BCUT2D eigenvalue weighted by Gasteiger charge is -2.09. The monoisotopic (exact) mass is 196 g/mol. The molecule has 0 bridgehead atoms. The minimum absolute atomic E-state index is 0.809. The molecule has 0 aliphatic heterocycles. The van der Waals surface area contributed by atoms with Gasteiger partial charge < -0.3 is 5.32 Å². The highest BCUT2D eigenvalue weighted by atomic mass is 32.1. The van der Waals surface area contributed by atoms with Crippen molar-refractivity contribution in [3.63, 3.8) is 0 Å². The number of nitrogens with zero attached hydrogens (tertiary/aromatic N) is 1. The topological polar surface area (TPSA) is 24.9 Å². The van der Waals surface area contributed by atoms with E-state index in [1.807, 2.05) is 6.92 Å². The van der Waals surface area contributed by atoms with E-state index in [4.69, 9.17) is 0 Å². The third-order valence-electron chi connectivity index (χ3n) is 2.62. The zero-order valence-electron chi connectivity index (χ0n) is 8.21. The van der Waals surface area contributed by atoms with Crippen molar-refractivity contribution in [1.82, 2.24) is 4.98 Å². The molecule has 2 nitrogen and oxygen atoms in total. The summed E-state index contributed by atoms with van der Waals surface area (Å²) in [6.07, 6.45) is 2.86. The van der Waals surface area contributed by atoms with E-state index in [-0.39, 0.29) is 0 Å². The molecule has 1 heterocycles. The van der Waals surface area contributed by atoms with Crippen LogP contribution in [0, 0.1) is 18.8 Å². The minimum Gasteiger partial charge on any atom is -0.361 e. The Morgan fingerprint density at radius 3 is 3.00 bits per heavy atom. The summed E-state index contributed by atoms with van der Waals surface area (Å²) in [7, 11) is 0. The molecule has 1 aromatic rings. The van der Waals surface area contributed by atoms with Gasteiger partial charge in [-0.1, -0.05) is 6.92 Å². The molecule has 1 aromatic heterocycles. The smallest absolute Gasteiger partial charge is 0.182 e. The van der Waals surface area contributed by atoms with Gasteiger partial charge in [0.15, 0.2) is 5.13 Å². The van der Waals surface area contributed by atoms with Crippen LogP contribution in [-0.2, 0) is 0 Å². The number of nitrogens with one attached hydrogen (secondary N) is 1. The van der Waals surface area contributed by atoms with Crippen LogP contribution in [0.2, 0.25) is 0 Å². The van der Waals surface area contributed by atoms with Crippen molar-refractivity contribution in [3.8, 4) is 0 Å². The summed E-state index contributed by atoms with van der Waals surface area (Å²) < 4.78 is 0. The molecule has 0 radical (unpaired) electrons. The molecule has 1 unspecified atom stereocenters. The Kier molecular flexibility index (Phi) is 2.54. The third kappa shape index (κ3) is 2.44. The SMILES string of the molecule is Cc1csc(NCC(C)C2CC2)n1. The Bertz CT molecular complexity index is 278. The molecule has 0 saturated heterocycles. The van der Waals surface area contributed by atoms with E-state index < -0.39 is 0 Å². The maximum atomic E-state index is 4.37. The summed E-state index contributed by atoms with van der Waals surface area (Å²) in [5.74, 6) is 1.79. The predicted octanol–water partition coefficient (Wildman–Crippen LogP) is 2.91. The van der Waals surface area contributed by atoms with Crippen LogP contribution in [0.4, 0.5) is 5.13 Å². The summed E-state index contributed by atoms with van der Waals surface area (Å²) >= 11 is 1.70. The molecular weight excluding hydrogens is 180 g/mol. The van der Waals surface area contributed by atoms with Gasteiger partial charge in [-0.2, -0.15) is 0 Å². The first-order chi connectivity index (χ1) is 6.25. The van der Waals surface area contributed by atoms with Crippen molar-refractivity contribution in [2.24, 2.45) is 11.8 Å². The summed E-state index contributed by atoms with van der Waals surface area (Å²) in [5, 5.41) is 6.56. The molecule has 72 valence electrons. The lowest BCUT2D eigenvalue weighted by Crippen LogP contribution is -2.12. The minimum atomic E-state index is 0.809. The Morgan fingerprint density at radius 1 is 1.69 bits per heavy atom. The lowest BCUT2D eigenvalue weighted by molar-refractivity contribution is 0.536. The van der Waals surface area contributed by atoms with E-state index in [9.17, 15) is 0 Å². The largest absolute Gasteiger partial charge is 0.361 e. The van der Waals surface area contributed by atoms with Crippen LogP contribution < -0.4 is 5.32 Å². The first-order valence-electron chi connectivity index (χ1n) is 4.91. The van der Waals surface area contributed by atoms with Gasteiger partial charge in [-0.05, 0) is 31.6 Å². The van der Waals surface area contributed by atoms with Crippen LogP contribution in [0.1, 0.15) is 25.5 Å². The second-order valence-corrected chi connectivity index (χ2v) is 4.85. The van der Waals surface area contributed by atoms with Crippen LogP contribution in [0.5, 0.6) is 0 Å². The molecule has 2 rings (SSSR count). The van der Waals surface area contributed by atoms with Gasteiger partial charge in [-0.3, -0.25) is 0 Å². The molecule has 1 aliphatic carbocycles. The van der Waals surface area contributed by atoms with E-state index in [1.165, 1.54) is 12.8 Å². The number of anilines is 1. The Balaban J connectivity index is 1.78. The number of hydrogen-bond donors (Lipinski definition) is 1. The van der Waals surface area contributed by atoms with Crippen LogP contribution in [-0.4, -0.2) is 11.5 Å². The maximum Gasteiger partial charge on any atom is 0.182 e. The van der Waals surface area contributed by atoms with Crippen molar-refractivity contribution in [3.05, 3.63) is 11.1 Å². The normalized spacial score (nSPS) is 18.6. The zero-order valence-corrected chi connectivity index (χ0v) is 9.03. The fourth-order valence-electron chi connectivity index (χ4n) is 1.52. The molecule has 0 aromatic carbocycles. The third-order valence-corrected chi connectivity index (χ3v) is 3.54. The number of thiazole rings is 1. The van der Waals surface area contributed by atoms with Crippen molar-refractivity contribution < 1.29 is 0 Å². The Hall–Kier alpha value is -0.570. The van der Waals surface area contributed by atoms with Gasteiger partial charge in [0.05, 0.1) is 5.69 Å². The second kappa shape index (κ2) is 3.66. The average molecular weight is 196 g/mol. The van der Waals surface area contributed by atoms with Gasteiger partial charge >= 0.3 is 0 Å². The van der Waals surface area contributed by atoms with Crippen molar-refractivity contribution in [1.29, 1.82) is 0 Å². The summed E-state index contributed by atoms with van der Waals surface area (Å²) in [6, 6.07) is 0. The quantitative estimate of drug-likeness (QED) is 0.801. The highest BCUT2D eigenvalue weighted by Gasteiger charge is 2.27. The van der Waals surface area contributed by atoms with Gasteiger partial charge in [0.25, 0.3) is 0 Å². The Labute approximate surface area is 83.4 Å². The van der Waals surface area contributed by atoms with Crippen molar-refractivity contribution in [2.45, 2.75) is 26.7 Å². The van der Waals surface area contributed by atoms with Gasteiger partial charge in [0.1, 0.15) is 0 Å². The van der Waals surface area contributed by atoms with Gasteiger partial charge in [-0.15, -0.1) is 11.3 Å². The van der Waals surface area contributed by atoms with E-state index >= 15 is 0 Å². The molecule has 1 fully saturated rings. The fraction of sp³-hybridized carbons (Fsp3) is 0.700. The maximum absolute atomic E-state index is 4.37. The number of hydrogen-bond acceptors (Lipinski definition) is 3. The van der Waals surface area contributed by atoms with E-state index in [2.05, 4.69) is 22.6 Å². The van der Waals surface area contributed by atoms with Gasteiger partial charge in [0, 0.05) is 11.9 Å². The highest BCUT2D eigenvalue weighted by molar-refractivity contribution is 7.13. The molecule has 1 N–H and O–H groups in total.